The monoisotopic (exact) mass is 411 g/mol. The van der Waals surface area contributed by atoms with Crippen LogP contribution < -0.4 is 5.73 Å². The number of nitrogens with two attached hydrogens (primary N) is 1. The number of hydrogen-bond acceptors (Lipinski definition) is 2. The number of aromatic nitrogens is 2. The van der Waals surface area contributed by atoms with Gasteiger partial charge in [0, 0.05) is 27.6 Å². The highest BCUT2D eigenvalue weighted by molar-refractivity contribution is 9.11. The molecule has 0 amide bonds. The molecule has 1 aliphatic rings. The van der Waals surface area contributed by atoms with Crippen LogP contribution in [0, 0.1) is 0 Å². The topological polar surface area (TPSA) is 43.8 Å². The Bertz CT molecular complexity index is 597. The van der Waals surface area contributed by atoms with Crippen molar-refractivity contribution < 1.29 is 0 Å². The van der Waals surface area contributed by atoms with Crippen molar-refractivity contribution in [2.75, 3.05) is 0 Å². The Morgan fingerprint density at radius 3 is 2.52 bits per heavy atom. The summed E-state index contributed by atoms with van der Waals surface area (Å²) in [4.78, 5) is 0. The first kappa shape index (κ1) is 15.3. The summed E-state index contributed by atoms with van der Waals surface area (Å²) in [6, 6.07) is 8.82. The SMILES string of the molecule is NC(Cc1ccn(C2CCCC2)n1)c1cc(Br)cc(Br)c1. The molecule has 0 saturated heterocycles. The molecular formula is C16H19Br2N3. The Kier molecular flexibility index (Phi) is 4.82. The van der Waals surface area contributed by atoms with E-state index in [9.17, 15) is 0 Å². The molecule has 2 N–H and O–H groups in total. The summed E-state index contributed by atoms with van der Waals surface area (Å²) in [5.41, 5.74) is 8.53. The van der Waals surface area contributed by atoms with Gasteiger partial charge in [-0.1, -0.05) is 44.7 Å². The lowest BCUT2D eigenvalue weighted by Gasteiger charge is -2.12. The van der Waals surface area contributed by atoms with Gasteiger partial charge < -0.3 is 5.73 Å². The number of hydrogen-bond donors (Lipinski definition) is 1. The number of benzene rings is 1. The van der Waals surface area contributed by atoms with Gasteiger partial charge in [-0.25, -0.2) is 0 Å². The third-order valence-electron chi connectivity index (χ3n) is 4.10. The van der Waals surface area contributed by atoms with Crippen LogP contribution in [0.5, 0.6) is 0 Å². The minimum Gasteiger partial charge on any atom is -0.324 e. The Labute approximate surface area is 142 Å². The van der Waals surface area contributed by atoms with Gasteiger partial charge in [0.1, 0.15) is 0 Å². The van der Waals surface area contributed by atoms with Crippen molar-refractivity contribution in [1.82, 2.24) is 9.78 Å². The minimum absolute atomic E-state index is 0.0364. The van der Waals surface area contributed by atoms with Gasteiger partial charge in [0.05, 0.1) is 11.7 Å². The van der Waals surface area contributed by atoms with E-state index in [0.717, 1.165) is 26.6 Å². The molecule has 1 atom stereocenters. The first-order valence-electron chi connectivity index (χ1n) is 7.37. The zero-order valence-electron chi connectivity index (χ0n) is 11.8. The van der Waals surface area contributed by atoms with E-state index in [-0.39, 0.29) is 6.04 Å². The van der Waals surface area contributed by atoms with Gasteiger partial charge in [-0.2, -0.15) is 5.10 Å². The number of rotatable bonds is 4. The van der Waals surface area contributed by atoms with E-state index >= 15 is 0 Å². The van der Waals surface area contributed by atoms with Crippen LogP contribution in [0.3, 0.4) is 0 Å². The average Bonchev–Trinajstić information content (AvgIpc) is 3.07. The standard InChI is InChI=1S/C16H19Br2N3/c17-12-7-11(8-13(18)9-12)16(19)10-14-5-6-21(20-14)15-3-1-2-4-15/h5-9,15-16H,1-4,10,19H2. The third-order valence-corrected chi connectivity index (χ3v) is 5.02. The molecule has 112 valence electrons. The maximum Gasteiger partial charge on any atom is 0.0643 e. The highest BCUT2D eigenvalue weighted by Gasteiger charge is 2.18. The van der Waals surface area contributed by atoms with Gasteiger partial charge in [-0.3, -0.25) is 4.68 Å². The molecule has 5 heteroatoms. The summed E-state index contributed by atoms with van der Waals surface area (Å²) in [6.07, 6.45) is 8.03. The zero-order chi connectivity index (χ0) is 14.8. The average molecular weight is 413 g/mol. The summed E-state index contributed by atoms with van der Waals surface area (Å²) in [7, 11) is 0. The third kappa shape index (κ3) is 3.76. The zero-order valence-corrected chi connectivity index (χ0v) is 15.0. The Morgan fingerprint density at radius 2 is 1.86 bits per heavy atom. The largest absolute Gasteiger partial charge is 0.324 e. The molecule has 1 fully saturated rings. The molecule has 21 heavy (non-hydrogen) atoms. The predicted molar refractivity (Wildman–Crippen MR) is 92.2 cm³/mol. The predicted octanol–water partition coefficient (Wildman–Crippen LogP) is 4.77. The lowest BCUT2D eigenvalue weighted by atomic mass is 10.0. The van der Waals surface area contributed by atoms with Crippen molar-refractivity contribution in [3.05, 3.63) is 50.7 Å². The second-order valence-corrected chi connectivity index (χ2v) is 7.57. The van der Waals surface area contributed by atoms with Crippen molar-refractivity contribution in [2.45, 2.75) is 44.2 Å². The molecule has 0 aliphatic heterocycles. The summed E-state index contributed by atoms with van der Waals surface area (Å²) in [5, 5.41) is 4.72. The maximum atomic E-state index is 6.34. The van der Waals surface area contributed by atoms with Crippen LogP contribution in [0.25, 0.3) is 0 Å². The molecule has 0 spiro atoms. The normalized spacial score (nSPS) is 17.3. The molecule has 3 rings (SSSR count). The van der Waals surface area contributed by atoms with Crippen molar-refractivity contribution in [2.24, 2.45) is 5.73 Å². The molecule has 1 aromatic heterocycles. The van der Waals surface area contributed by atoms with Crippen molar-refractivity contribution in [3.63, 3.8) is 0 Å². The fraction of sp³-hybridized carbons (Fsp3) is 0.438. The maximum absolute atomic E-state index is 6.34. The van der Waals surface area contributed by atoms with Crippen LogP contribution in [0.4, 0.5) is 0 Å². The van der Waals surface area contributed by atoms with Gasteiger partial charge in [0.25, 0.3) is 0 Å². The summed E-state index contributed by atoms with van der Waals surface area (Å²) < 4.78 is 4.21. The van der Waals surface area contributed by atoms with Crippen LogP contribution in [0.1, 0.15) is 49.0 Å². The van der Waals surface area contributed by atoms with Crippen molar-refractivity contribution >= 4 is 31.9 Å². The van der Waals surface area contributed by atoms with Gasteiger partial charge in [0.15, 0.2) is 0 Å². The van der Waals surface area contributed by atoms with Gasteiger partial charge >= 0.3 is 0 Å². The fourth-order valence-electron chi connectivity index (χ4n) is 2.99. The molecule has 3 nitrogen and oxygen atoms in total. The molecular weight excluding hydrogens is 394 g/mol. The molecule has 2 aromatic rings. The van der Waals surface area contributed by atoms with Gasteiger partial charge in [-0.15, -0.1) is 0 Å². The lowest BCUT2D eigenvalue weighted by Crippen LogP contribution is -2.14. The second kappa shape index (κ2) is 6.63. The molecule has 0 radical (unpaired) electrons. The summed E-state index contributed by atoms with van der Waals surface area (Å²) in [5.74, 6) is 0. The fourth-order valence-corrected chi connectivity index (χ4v) is 4.32. The number of nitrogens with zero attached hydrogens (tertiary/aromatic N) is 2. The second-order valence-electron chi connectivity index (χ2n) is 5.74. The van der Waals surface area contributed by atoms with E-state index in [1.807, 2.05) is 6.07 Å². The molecule has 1 heterocycles. The smallest absolute Gasteiger partial charge is 0.0643 e. The summed E-state index contributed by atoms with van der Waals surface area (Å²) >= 11 is 7.02. The molecule has 0 bridgehead atoms. The van der Waals surface area contributed by atoms with E-state index in [1.165, 1.54) is 25.7 Å². The molecule has 1 aliphatic carbocycles. The van der Waals surface area contributed by atoms with Crippen LogP contribution in [0.15, 0.2) is 39.4 Å². The van der Waals surface area contributed by atoms with Crippen LogP contribution in [0.2, 0.25) is 0 Å². The van der Waals surface area contributed by atoms with Gasteiger partial charge in [-0.05, 0) is 42.7 Å². The first-order valence-corrected chi connectivity index (χ1v) is 8.96. The highest BCUT2D eigenvalue weighted by atomic mass is 79.9. The van der Waals surface area contributed by atoms with Crippen molar-refractivity contribution in [3.8, 4) is 0 Å². The highest BCUT2D eigenvalue weighted by Crippen LogP contribution is 2.29. The summed E-state index contributed by atoms with van der Waals surface area (Å²) in [6.45, 7) is 0. The van der Waals surface area contributed by atoms with E-state index in [2.05, 4.69) is 60.9 Å². The lowest BCUT2D eigenvalue weighted by molar-refractivity contribution is 0.461. The van der Waals surface area contributed by atoms with E-state index < -0.39 is 0 Å². The van der Waals surface area contributed by atoms with Crippen LogP contribution in [-0.4, -0.2) is 9.78 Å². The van der Waals surface area contributed by atoms with E-state index in [4.69, 9.17) is 10.8 Å². The van der Waals surface area contributed by atoms with Crippen molar-refractivity contribution in [1.29, 1.82) is 0 Å². The van der Waals surface area contributed by atoms with E-state index in [1.54, 1.807) is 0 Å². The molecule has 1 unspecified atom stereocenters. The Morgan fingerprint density at radius 1 is 1.19 bits per heavy atom. The quantitative estimate of drug-likeness (QED) is 0.786. The van der Waals surface area contributed by atoms with Crippen LogP contribution >= 0.6 is 31.9 Å². The Hall–Kier alpha value is -0.650. The minimum atomic E-state index is -0.0364. The molecule has 1 aromatic carbocycles. The number of halogens is 2. The van der Waals surface area contributed by atoms with Crippen LogP contribution in [-0.2, 0) is 6.42 Å². The Balaban J connectivity index is 1.70. The van der Waals surface area contributed by atoms with Gasteiger partial charge in [0.2, 0.25) is 0 Å². The molecule has 1 saturated carbocycles. The van der Waals surface area contributed by atoms with E-state index in [0.29, 0.717) is 6.04 Å². The first-order chi connectivity index (χ1) is 10.1.